The van der Waals surface area contributed by atoms with E-state index in [2.05, 4.69) is 61.4 Å². The molecule has 2 heterocycles. The van der Waals surface area contributed by atoms with Crippen molar-refractivity contribution in [2.75, 3.05) is 18.5 Å². The van der Waals surface area contributed by atoms with Crippen molar-refractivity contribution in [2.24, 2.45) is 0 Å². The van der Waals surface area contributed by atoms with Gasteiger partial charge in [0, 0.05) is 18.0 Å². The molecule has 0 bridgehead atoms. The molecule has 1 aliphatic rings. The van der Waals surface area contributed by atoms with E-state index >= 15 is 0 Å². The zero-order chi connectivity index (χ0) is 18.9. The van der Waals surface area contributed by atoms with Crippen molar-refractivity contribution in [3.05, 3.63) is 66.4 Å². The highest BCUT2D eigenvalue weighted by Crippen LogP contribution is 2.34. The summed E-state index contributed by atoms with van der Waals surface area (Å²) in [6, 6.07) is 18.7. The lowest BCUT2D eigenvalue weighted by molar-refractivity contribution is 0.171. The van der Waals surface area contributed by atoms with E-state index in [0.717, 1.165) is 28.6 Å². The van der Waals surface area contributed by atoms with Crippen LogP contribution in [-0.2, 0) is 5.41 Å². The first-order valence-electron chi connectivity index (χ1n) is 9.23. The van der Waals surface area contributed by atoms with Gasteiger partial charge in [0.15, 0.2) is 11.5 Å². The largest absolute Gasteiger partial charge is 0.486 e. The highest BCUT2D eigenvalue weighted by molar-refractivity contribution is 5.69. The Hall–Kier alpha value is -3.01. The number of hydrogen-bond donors (Lipinski definition) is 1. The van der Waals surface area contributed by atoms with Gasteiger partial charge in [-0.15, -0.1) is 0 Å². The number of anilines is 2. The van der Waals surface area contributed by atoms with Crippen LogP contribution in [0, 0.1) is 0 Å². The molecule has 0 unspecified atom stereocenters. The number of nitrogens with zero attached hydrogens (tertiary/aromatic N) is 1. The maximum absolute atomic E-state index is 5.65. The zero-order valence-corrected chi connectivity index (χ0v) is 16.0. The smallest absolute Gasteiger partial charge is 0.163 e. The Kier molecular flexibility index (Phi) is 4.48. The maximum atomic E-state index is 5.65. The van der Waals surface area contributed by atoms with E-state index in [-0.39, 0.29) is 5.41 Å². The number of rotatable bonds is 3. The minimum atomic E-state index is 0.154. The van der Waals surface area contributed by atoms with Gasteiger partial charge >= 0.3 is 0 Å². The first-order valence-corrected chi connectivity index (χ1v) is 9.23. The molecule has 0 saturated carbocycles. The first-order chi connectivity index (χ1) is 13.0. The second kappa shape index (κ2) is 6.95. The van der Waals surface area contributed by atoms with Crippen LogP contribution in [0.2, 0.25) is 0 Å². The quantitative estimate of drug-likeness (QED) is 0.664. The molecule has 4 nitrogen and oxygen atoms in total. The van der Waals surface area contributed by atoms with Crippen molar-refractivity contribution in [2.45, 2.75) is 26.2 Å². The molecule has 1 aliphatic heterocycles. The molecule has 1 N–H and O–H groups in total. The topological polar surface area (TPSA) is 43.4 Å². The zero-order valence-electron chi connectivity index (χ0n) is 16.0. The monoisotopic (exact) mass is 360 g/mol. The third kappa shape index (κ3) is 3.90. The predicted octanol–water partition coefficient (Wildman–Crippen LogP) is 5.56. The van der Waals surface area contributed by atoms with Gasteiger partial charge in [0.25, 0.3) is 0 Å². The number of pyridine rings is 1. The fourth-order valence-electron chi connectivity index (χ4n) is 3.11. The number of benzene rings is 2. The maximum Gasteiger partial charge on any atom is 0.163 e. The summed E-state index contributed by atoms with van der Waals surface area (Å²) in [7, 11) is 0. The van der Waals surface area contributed by atoms with E-state index in [4.69, 9.17) is 9.47 Å². The average Bonchev–Trinajstić information content (AvgIpc) is 2.68. The van der Waals surface area contributed by atoms with Crippen LogP contribution in [0.25, 0.3) is 11.1 Å². The van der Waals surface area contributed by atoms with E-state index in [1.165, 1.54) is 11.1 Å². The fourth-order valence-corrected chi connectivity index (χ4v) is 3.11. The van der Waals surface area contributed by atoms with Crippen molar-refractivity contribution in [3.8, 4) is 22.6 Å². The number of fused-ring (bicyclic) bond motifs is 1. The predicted molar refractivity (Wildman–Crippen MR) is 109 cm³/mol. The molecule has 4 heteroatoms. The summed E-state index contributed by atoms with van der Waals surface area (Å²) >= 11 is 0. The van der Waals surface area contributed by atoms with Crippen LogP contribution >= 0.6 is 0 Å². The summed E-state index contributed by atoms with van der Waals surface area (Å²) in [5, 5.41) is 3.35. The Labute approximate surface area is 160 Å². The van der Waals surface area contributed by atoms with Crippen LogP contribution in [0.5, 0.6) is 11.5 Å². The van der Waals surface area contributed by atoms with Crippen molar-refractivity contribution < 1.29 is 9.47 Å². The van der Waals surface area contributed by atoms with E-state index in [1.807, 2.05) is 30.5 Å². The number of nitrogens with one attached hydrogen (secondary N) is 1. The Bertz CT molecular complexity index is 943. The van der Waals surface area contributed by atoms with Crippen LogP contribution in [-0.4, -0.2) is 18.2 Å². The van der Waals surface area contributed by atoms with Gasteiger partial charge in [-0.3, -0.25) is 0 Å². The molecule has 0 atom stereocenters. The normalized spacial score (nSPS) is 13.3. The molecular formula is C23H24N2O2. The van der Waals surface area contributed by atoms with Gasteiger partial charge in [0.1, 0.15) is 19.0 Å². The van der Waals surface area contributed by atoms with Crippen molar-refractivity contribution in [1.82, 2.24) is 4.98 Å². The molecule has 0 radical (unpaired) electrons. The molecule has 1 aromatic heterocycles. The molecule has 3 aromatic rings. The third-order valence-electron chi connectivity index (χ3n) is 4.66. The lowest BCUT2D eigenvalue weighted by Crippen LogP contribution is -2.15. The Morgan fingerprint density at radius 2 is 1.56 bits per heavy atom. The highest BCUT2D eigenvalue weighted by Gasteiger charge is 2.14. The van der Waals surface area contributed by atoms with E-state index in [0.29, 0.717) is 13.2 Å². The molecule has 138 valence electrons. The molecule has 0 aliphatic carbocycles. The molecule has 27 heavy (non-hydrogen) atoms. The Morgan fingerprint density at radius 3 is 2.30 bits per heavy atom. The summed E-state index contributed by atoms with van der Waals surface area (Å²) in [5.41, 5.74) is 4.71. The first kappa shape index (κ1) is 17.4. The van der Waals surface area contributed by atoms with Crippen LogP contribution in [0.15, 0.2) is 60.8 Å². The van der Waals surface area contributed by atoms with Gasteiger partial charge < -0.3 is 14.8 Å². The lowest BCUT2D eigenvalue weighted by atomic mass is 9.86. The fraction of sp³-hybridized carbons (Fsp3) is 0.261. The molecule has 0 fully saturated rings. The highest BCUT2D eigenvalue weighted by atomic mass is 16.6. The standard InChI is InChI=1S/C23H24N2O2/c1-23(2,3)18-6-4-16(5-7-18)17-10-11-24-22(14-17)25-19-8-9-20-21(15-19)27-13-12-26-20/h4-11,14-15H,12-13H2,1-3H3,(H,24,25). The van der Waals surface area contributed by atoms with E-state index < -0.39 is 0 Å². The Balaban J connectivity index is 1.56. The van der Waals surface area contributed by atoms with Gasteiger partial charge in [-0.25, -0.2) is 4.98 Å². The van der Waals surface area contributed by atoms with Gasteiger partial charge in [0.05, 0.1) is 0 Å². The summed E-state index contributed by atoms with van der Waals surface area (Å²) in [6.07, 6.45) is 1.83. The summed E-state index contributed by atoms with van der Waals surface area (Å²) in [5.74, 6) is 2.34. The second-order valence-electron chi connectivity index (χ2n) is 7.74. The summed E-state index contributed by atoms with van der Waals surface area (Å²) in [6.45, 7) is 7.85. The van der Waals surface area contributed by atoms with Crippen molar-refractivity contribution >= 4 is 11.5 Å². The van der Waals surface area contributed by atoms with Crippen LogP contribution < -0.4 is 14.8 Å². The minimum Gasteiger partial charge on any atom is -0.486 e. The van der Waals surface area contributed by atoms with Crippen molar-refractivity contribution in [3.63, 3.8) is 0 Å². The van der Waals surface area contributed by atoms with Crippen molar-refractivity contribution in [1.29, 1.82) is 0 Å². The van der Waals surface area contributed by atoms with Gasteiger partial charge in [0.2, 0.25) is 0 Å². The molecule has 0 amide bonds. The molecule has 4 rings (SSSR count). The number of ether oxygens (including phenoxy) is 2. The van der Waals surface area contributed by atoms with Crippen LogP contribution in [0.3, 0.4) is 0 Å². The molecule has 0 saturated heterocycles. The van der Waals surface area contributed by atoms with E-state index in [9.17, 15) is 0 Å². The Morgan fingerprint density at radius 1 is 0.815 bits per heavy atom. The SMILES string of the molecule is CC(C)(C)c1ccc(-c2ccnc(Nc3ccc4c(c3)OCCO4)c2)cc1. The molecule has 2 aromatic carbocycles. The average molecular weight is 360 g/mol. The van der Waals surface area contributed by atoms with Gasteiger partial charge in [-0.2, -0.15) is 0 Å². The minimum absolute atomic E-state index is 0.154. The summed E-state index contributed by atoms with van der Waals surface area (Å²) in [4.78, 5) is 4.45. The second-order valence-corrected chi connectivity index (χ2v) is 7.74. The lowest BCUT2D eigenvalue weighted by Gasteiger charge is -2.19. The summed E-state index contributed by atoms with van der Waals surface area (Å²) < 4.78 is 11.2. The number of hydrogen-bond acceptors (Lipinski definition) is 4. The van der Waals surface area contributed by atoms with E-state index in [1.54, 1.807) is 0 Å². The molecule has 0 spiro atoms. The van der Waals surface area contributed by atoms with Crippen LogP contribution in [0.1, 0.15) is 26.3 Å². The number of aromatic nitrogens is 1. The molecular weight excluding hydrogens is 336 g/mol. The third-order valence-corrected chi connectivity index (χ3v) is 4.66. The van der Waals surface area contributed by atoms with Gasteiger partial charge in [-0.1, -0.05) is 45.0 Å². The van der Waals surface area contributed by atoms with Crippen LogP contribution in [0.4, 0.5) is 11.5 Å². The van der Waals surface area contributed by atoms with Gasteiger partial charge in [-0.05, 0) is 46.4 Å².